The van der Waals surface area contributed by atoms with Crippen LogP contribution in [0, 0.1) is 5.82 Å². The molecular weight excluding hydrogens is 324 g/mol. The third kappa shape index (κ3) is 3.11. The van der Waals surface area contributed by atoms with Crippen LogP contribution in [0.2, 0.25) is 0 Å². The van der Waals surface area contributed by atoms with Crippen LogP contribution in [0.15, 0.2) is 23.1 Å². The Balaban J connectivity index is 2.40. The van der Waals surface area contributed by atoms with Crippen molar-refractivity contribution in [3.8, 4) is 0 Å². The topological polar surface area (TPSA) is 49.4 Å². The Morgan fingerprint density at radius 1 is 1.27 bits per heavy atom. The molecule has 0 radical (unpaired) electrons. The molecule has 0 aromatic heterocycles. The van der Waals surface area contributed by atoms with Gasteiger partial charge in [-0.15, -0.1) is 0 Å². The Labute approximate surface area is 126 Å². The van der Waals surface area contributed by atoms with Crippen molar-refractivity contribution in [2.75, 3.05) is 13.1 Å². The number of benzene rings is 1. The first-order valence-electron chi connectivity index (χ1n) is 6.67. The molecule has 124 valence electrons. The fourth-order valence-electron chi connectivity index (χ4n) is 2.39. The van der Waals surface area contributed by atoms with Crippen LogP contribution in [-0.2, 0) is 16.2 Å². The fourth-order valence-corrected chi connectivity index (χ4v) is 4.10. The second-order valence-corrected chi connectivity index (χ2v) is 7.13. The first-order chi connectivity index (χ1) is 10.0. The molecule has 4 nitrogen and oxygen atoms in total. The van der Waals surface area contributed by atoms with Gasteiger partial charge >= 0.3 is 6.18 Å². The molecule has 2 unspecified atom stereocenters. The zero-order valence-corrected chi connectivity index (χ0v) is 12.8. The minimum atomic E-state index is -4.86. The number of nitrogens with zero attached hydrogens (tertiary/aromatic N) is 1. The number of piperazine rings is 1. The summed E-state index contributed by atoms with van der Waals surface area (Å²) in [6.07, 6.45) is -4.86. The molecule has 1 aliphatic heterocycles. The maximum atomic E-state index is 13.6. The lowest BCUT2D eigenvalue weighted by Crippen LogP contribution is -2.57. The summed E-state index contributed by atoms with van der Waals surface area (Å²) < 4.78 is 77.4. The summed E-state index contributed by atoms with van der Waals surface area (Å²) in [5.74, 6) is -1.59. The molecule has 2 rings (SSSR count). The molecule has 0 aliphatic carbocycles. The second-order valence-electron chi connectivity index (χ2n) is 5.24. The zero-order chi connectivity index (χ0) is 16.7. The van der Waals surface area contributed by atoms with E-state index in [0.29, 0.717) is 18.7 Å². The molecule has 1 aromatic rings. The molecule has 0 bridgehead atoms. The summed E-state index contributed by atoms with van der Waals surface area (Å²) in [5.41, 5.74) is -1.48. The number of rotatable bonds is 2. The van der Waals surface area contributed by atoms with E-state index in [1.54, 1.807) is 13.8 Å². The number of hydrogen-bond acceptors (Lipinski definition) is 3. The Hall–Kier alpha value is -1.19. The van der Waals surface area contributed by atoms with E-state index in [0.717, 1.165) is 6.07 Å². The predicted octanol–water partition coefficient (Wildman–Crippen LogP) is 2.22. The molecular formula is C13H16F4N2O2S. The first kappa shape index (κ1) is 17.2. The fraction of sp³-hybridized carbons (Fsp3) is 0.538. The van der Waals surface area contributed by atoms with Crippen molar-refractivity contribution in [1.82, 2.24) is 9.62 Å². The summed E-state index contributed by atoms with van der Waals surface area (Å²) in [7, 11) is -4.04. The minimum Gasteiger partial charge on any atom is -0.311 e. The first-order valence-corrected chi connectivity index (χ1v) is 8.11. The van der Waals surface area contributed by atoms with Gasteiger partial charge in [0.05, 0.1) is 10.5 Å². The van der Waals surface area contributed by atoms with Gasteiger partial charge in [0.2, 0.25) is 10.0 Å². The lowest BCUT2D eigenvalue weighted by atomic mass is 10.1. The maximum absolute atomic E-state index is 13.6. The zero-order valence-electron chi connectivity index (χ0n) is 12.0. The van der Waals surface area contributed by atoms with Crippen LogP contribution in [0.1, 0.15) is 19.4 Å². The molecule has 1 saturated heterocycles. The average molecular weight is 340 g/mol. The average Bonchev–Trinajstić information content (AvgIpc) is 2.40. The van der Waals surface area contributed by atoms with Crippen molar-refractivity contribution in [3.05, 3.63) is 29.6 Å². The van der Waals surface area contributed by atoms with Gasteiger partial charge in [0, 0.05) is 25.2 Å². The predicted molar refractivity (Wildman–Crippen MR) is 72.2 cm³/mol. The van der Waals surface area contributed by atoms with Crippen LogP contribution < -0.4 is 5.32 Å². The third-order valence-corrected chi connectivity index (χ3v) is 5.81. The van der Waals surface area contributed by atoms with E-state index in [-0.39, 0.29) is 18.6 Å². The van der Waals surface area contributed by atoms with Gasteiger partial charge in [-0.05, 0) is 32.0 Å². The van der Waals surface area contributed by atoms with Crippen molar-refractivity contribution in [2.45, 2.75) is 37.0 Å². The van der Waals surface area contributed by atoms with Gasteiger partial charge in [0.25, 0.3) is 0 Å². The van der Waals surface area contributed by atoms with E-state index in [4.69, 9.17) is 0 Å². The van der Waals surface area contributed by atoms with Gasteiger partial charge < -0.3 is 5.32 Å². The Kier molecular flexibility index (Phi) is 4.51. The molecule has 1 aliphatic rings. The number of alkyl halides is 3. The van der Waals surface area contributed by atoms with Crippen molar-refractivity contribution in [2.24, 2.45) is 0 Å². The van der Waals surface area contributed by atoms with E-state index < -0.39 is 32.5 Å². The highest BCUT2D eigenvalue weighted by molar-refractivity contribution is 7.89. The molecule has 0 amide bonds. The highest BCUT2D eigenvalue weighted by atomic mass is 32.2. The summed E-state index contributed by atoms with van der Waals surface area (Å²) >= 11 is 0. The number of sulfonamides is 1. The highest BCUT2D eigenvalue weighted by Gasteiger charge is 2.37. The van der Waals surface area contributed by atoms with Crippen LogP contribution in [0.3, 0.4) is 0 Å². The highest BCUT2D eigenvalue weighted by Crippen LogP contribution is 2.33. The molecule has 22 heavy (non-hydrogen) atoms. The Morgan fingerprint density at radius 3 is 2.45 bits per heavy atom. The Morgan fingerprint density at radius 2 is 1.91 bits per heavy atom. The number of hydrogen-bond donors (Lipinski definition) is 1. The minimum absolute atomic E-state index is 0.108. The van der Waals surface area contributed by atoms with Crippen LogP contribution in [0.5, 0.6) is 0 Å². The largest absolute Gasteiger partial charge is 0.419 e. The van der Waals surface area contributed by atoms with Crippen LogP contribution in [-0.4, -0.2) is 37.9 Å². The number of halogens is 4. The molecule has 9 heteroatoms. The van der Waals surface area contributed by atoms with Gasteiger partial charge in [-0.1, -0.05) is 0 Å². The molecule has 1 N–H and O–H groups in total. The van der Waals surface area contributed by atoms with Gasteiger partial charge in [-0.2, -0.15) is 17.5 Å². The van der Waals surface area contributed by atoms with Crippen LogP contribution >= 0.6 is 0 Å². The van der Waals surface area contributed by atoms with Gasteiger partial charge in [0.15, 0.2) is 0 Å². The molecule has 2 atom stereocenters. The molecule has 1 heterocycles. The lowest BCUT2D eigenvalue weighted by Gasteiger charge is -2.37. The van der Waals surface area contributed by atoms with Gasteiger partial charge in [-0.3, -0.25) is 0 Å². The normalized spacial score (nSPS) is 24.5. The summed E-state index contributed by atoms with van der Waals surface area (Å²) in [6.45, 7) is 4.10. The van der Waals surface area contributed by atoms with Gasteiger partial charge in [-0.25, -0.2) is 12.8 Å². The maximum Gasteiger partial charge on any atom is 0.419 e. The molecule has 1 aromatic carbocycles. The van der Waals surface area contributed by atoms with E-state index in [1.165, 1.54) is 4.31 Å². The molecule has 0 saturated carbocycles. The van der Waals surface area contributed by atoms with Crippen molar-refractivity contribution < 1.29 is 26.0 Å². The third-order valence-electron chi connectivity index (χ3n) is 3.83. The van der Waals surface area contributed by atoms with Crippen molar-refractivity contribution >= 4 is 10.0 Å². The standard InChI is InChI=1S/C13H16F4N2O2S/c1-8-9(2)19(6-5-18-8)22(20,21)10-3-4-11(12(14)7-10)13(15,16)17/h3-4,7-9,18H,5-6H2,1-2H3. The smallest absolute Gasteiger partial charge is 0.311 e. The van der Waals surface area contributed by atoms with Crippen LogP contribution in [0.4, 0.5) is 17.6 Å². The SMILES string of the molecule is CC1NCCN(S(=O)(=O)c2ccc(C(F)(F)F)c(F)c2)C1C. The molecule has 0 spiro atoms. The van der Waals surface area contributed by atoms with E-state index in [1.807, 2.05) is 0 Å². The lowest BCUT2D eigenvalue weighted by molar-refractivity contribution is -0.140. The summed E-state index contributed by atoms with van der Waals surface area (Å²) in [6, 6.07) is 1.18. The van der Waals surface area contributed by atoms with E-state index in [2.05, 4.69) is 5.32 Å². The second kappa shape index (κ2) is 5.78. The van der Waals surface area contributed by atoms with E-state index in [9.17, 15) is 26.0 Å². The van der Waals surface area contributed by atoms with Gasteiger partial charge in [0.1, 0.15) is 5.82 Å². The van der Waals surface area contributed by atoms with Crippen LogP contribution in [0.25, 0.3) is 0 Å². The Bertz CT molecular complexity index is 660. The van der Waals surface area contributed by atoms with Crippen molar-refractivity contribution in [1.29, 1.82) is 0 Å². The van der Waals surface area contributed by atoms with Crippen molar-refractivity contribution in [3.63, 3.8) is 0 Å². The number of nitrogens with one attached hydrogen (secondary N) is 1. The van der Waals surface area contributed by atoms with E-state index >= 15 is 0 Å². The summed E-state index contributed by atoms with van der Waals surface area (Å²) in [5, 5.41) is 3.10. The molecule has 1 fully saturated rings. The monoisotopic (exact) mass is 340 g/mol. The quantitative estimate of drug-likeness (QED) is 0.840. The summed E-state index contributed by atoms with van der Waals surface area (Å²) in [4.78, 5) is -0.473.